The highest BCUT2D eigenvalue weighted by molar-refractivity contribution is 6.99. The molecule has 0 bridgehead atoms. The molecule has 12 rings (SSSR count). The summed E-state index contributed by atoms with van der Waals surface area (Å²) in [5.41, 5.74) is 12.2. The Balaban J connectivity index is 1.38. The minimum absolute atomic E-state index is 0.126. The number of nitrogens with zero attached hydrogens (tertiary/aromatic N) is 2. The van der Waals surface area contributed by atoms with E-state index in [4.69, 9.17) is 9.47 Å². The van der Waals surface area contributed by atoms with Crippen LogP contribution in [0.5, 0.6) is 23.0 Å². The number of rotatable bonds is 0. The van der Waals surface area contributed by atoms with Crippen molar-refractivity contribution in [2.24, 2.45) is 0 Å². The molecule has 0 N–H and O–H groups in total. The molecule has 0 aliphatic carbocycles. The van der Waals surface area contributed by atoms with Gasteiger partial charge in [0, 0.05) is 51.1 Å². The molecule has 38 heavy (non-hydrogen) atoms. The molecule has 0 saturated heterocycles. The highest BCUT2D eigenvalue weighted by atomic mass is 16.5. The Morgan fingerprint density at radius 2 is 1.08 bits per heavy atom. The van der Waals surface area contributed by atoms with Crippen LogP contribution in [-0.2, 0) is 18.5 Å². The first-order valence-corrected chi connectivity index (χ1v) is 13.5. The van der Waals surface area contributed by atoms with Crippen molar-refractivity contribution in [3.8, 4) is 23.0 Å². The van der Waals surface area contributed by atoms with Crippen LogP contribution in [0.2, 0.25) is 0 Å². The van der Waals surface area contributed by atoms with Crippen LogP contribution < -0.4 is 25.9 Å². The van der Waals surface area contributed by atoms with Crippen LogP contribution in [-0.4, -0.2) is 15.8 Å². The van der Waals surface area contributed by atoms with Crippen LogP contribution in [0.25, 0.3) is 43.6 Å². The van der Waals surface area contributed by atoms with Gasteiger partial charge in [0.2, 0.25) is 0 Å². The standard InChI is InChI=1S/C33H17BN2O2/c1-3-8-20-16(6-1)18-12-24-29-26-31(18)35(20)14-33(26)15-36-21-9-4-2-7-17(21)19-13-25-30(27(33)32(19)36)34(29)28-22(37-24)10-5-11-23(28)38-25/h1-13H,14-15H2. The molecule has 2 aromatic heterocycles. The van der Waals surface area contributed by atoms with Crippen molar-refractivity contribution in [3.05, 3.63) is 90.0 Å². The summed E-state index contributed by atoms with van der Waals surface area (Å²) in [6, 6.07) is 28.7. The number of hydrogen-bond donors (Lipinski definition) is 0. The van der Waals surface area contributed by atoms with Crippen molar-refractivity contribution in [2.75, 3.05) is 0 Å². The molecule has 5 heteroatoms. The molecule has 1 spiro atoms. The van der Waals surface area contributed by atoms with E-state index in [9.17, 15) is 0 Å². The first-order valence-electron chi connectivity index (χ1n) is 13.5. The maximum absolute atomic E-state index is 6.77. The van der Waals surface area contributed by atoms with E-state index in [0.717, 1.165) is 36.1 Å². The molecule has 4 nitrogen and oxygen atoms in total. The lowest BCUT2D eigenvalue weighted by atomic mass is 9.30. The number of ether oxygens (including phenoxy) is 2. The minimum Gasteiger partial charge on any atom is -0.458 e. The van der Waals surface area contributed by atoms with Gasteiger partial charge in [0.25, 0.3) is 6.71 Å². The van der Waals surface area contributed by atoms with Gasteiger partial charge in [0.1, 0.15) is 23.0 Å². The molecule has 0 fully saturated rings. The van der Waals surface area contributed by atoms with Crippen molar-refractivity contribution >= 4 is 66.7 Å². The SMILES string of the molecule is c1cc2c3c(c1)Oc1cc4c5ccccc5n5c4c4c1B3c1c(cc3c6ccccc6n6c3c1C4(C6)C5)O2. The molecule has 0 unspecified atom stereocenters. The van der Waals surface area contributed by atoms with Gasteiger partial charge >= 0.3 is 0 Å². The molecule has 0 saturated carbocycles. The average molecular weight is 484 g/mol. The predicted octanol–water partition coefficient (Wildman–Crippen LogP) is 5.26. The van der Waals surface area contributed by atoms with Gasteiger partial charge in [0.15, 0.2) is 0 Å². The minimum atomic E-state index is -0.126. The number of benzene rings is 5. The van der Waals surface area contributed by atoms with Gasteiger partial charge in [-0.1, -0.05) is 42.5 Å². The zero-order chi connectivity index (χ0) is 24.1. The Hall–Kier alpha value is -4.64. The second-order valence-corrected chi connectivity index (χ2v) is 11.7. The number of aromatic nitrogens is 2. The zero-order valence-electron chi connectivity index (χ0n) is 20.2. The van der Waals surface area contributed by atoms with Gasteiger partial charge < -0.3 is 18.6 Å². The second kappa shape index (κ2) is 5.18. The molecule has 174 valence electrons. The molecule has 5 aromatic carbocycles. The topological polar surface area (TPSA) is 28.3 Å². The summed E-state index contributed by atoms with van der Waals surface area (Å²) >= 11 is 0. The summed E-state index contributed by atoms with van der Waals surface area (Å²) in [7, 11) is 0. The van der Waals surface area contributed by atoms with Crippen LogP contribution in [0.3, 0.4) is 0 Å². The third-order valence-electron chi connectivity index (χ3n) is 10.3. The van der Waals surface area contributed by atoms with Crippen molar-refractivity contribution in [1.82, 2.24) is 9.13 Å². The summed E-state index contributed by atoms with van der Waals surface area (Å²) in [5, 5.41) is 5.27. The fraction of sp³-hybridized carbons (Fsp3) is 0.0909. The van der Waals surface area contributed by atoms with E-state index < -0.39 is 0 Å². The van der Waals surface area contributed by atoms with Crippen LogP contribution in [0, 0.1) is 0 Å². The van der Waals surface area contributed by atoms with E-state index in [1.165, 1.54) is 71.1 Å². The Kier molecular flexibility index (Phi) is 2.42. The smallest absolute Gasteiger partial charge is 0.261 e. The lowest BCUT2D eigenvalue weighted by molar-refractivity contribution is 0.433. The molecular formula is C33H17BN2O2. The van der Waals surface area contributed by atoms with Crippen LogP contribution in [0.1, 0.15) is 11.1 Å². The summed E-state index contributed by atoms with van der Waals surface area (Å²) < 4.78 is 18.8. The van der Waals surface area contributed by atoms with Crippen molar-refractivity contribution in [1.29, 1.82) is 0 Å². The Labute approximate surface area is 216 Å². The van der Waals surface area contributed by atoms with Gasteiger partial charge in [0.05, 0.1) is 16.4 Å². The molecular weight excluding hydrogens is 467 g/mol. The quantitative estimate of drug-likeness (QED) is 0.275. The number of fused-ring (bicyclic) bond motifs is 6. The highest BCUT2D eigenvalue weighted by Gasteiger charge is 2.59. The fourth-order valence-electron chi connectivity index (χ4n) is 9.14. The summed E-state index contributed by atoms with van der Waals surface area (Å²) in [5.74, 6) is 3.90. The Bertz CT molecular complexity index is 2210. The van der Waals surface area contributed by atoms with Crippen molar-refractivity contribution in [3.63, 3.8) is 0 Å². The molecule has 5 aliphatic heterocycles. The Morgan fingerprint density at radius 3 is 1.63 bits per heavy atom. The number of hydrogen-bond acceptors (Lipinski definition) is 2. The van der Waals surface area contributed by atoms with Gasteiger partial charge in [-0.05, 0) is 58.5 Å². The molecule has 7 aromatic rings. The average Bonchev–Trinajstić information content (AvgIpc) is 3.66. The lowest BCUT2D eigenvalue weighted by Crippen LogP contribution is -2.64. The van der Waals surface area contributed by atoms with Gasteiger partial charge in [-0.15, -0.1) is 0 Å². The summed E-state index contributed by atoms with van der Waals surface area (Å²) in [6.45, 7) is 2.03. The third kappa shape index (κ3) is 1.53. The third-order valence-corrected chi connectivity index (χ3v) is 10.3. The van der Waals surface area contributed by atoms with Crippen molar-refractivity contribution in [2.45, 2.75) is 18.5 Å². The number of para-hydroxylation sites is 2. The van der Waals surface area contributed by atoms with Gasteiger partial charge in [-0.25, -0.2) is 0 Å². The van der Waals surface area contributed by atoms with E-state index in [1.807, 2.05) is 0 Å². The Morgan fingerprint density at radius 1 is 0.553 bits per heavy atom. The lowest BCUT2D eigenvalue weighted by Gasteiger charge is -2.43. The maximum Gasteiger partial charge on any atom is 0.261 e. The van der Waals surface area contributed by atoms with Crippen molar-refractivity contribution < 1.29 is 9.47 Å². The van der Waals surface area contributed by atoms with Crippen LogP contribution >= 0.6 is 0 Å². The first-order chi connectivity index (χ1) is 18.8. The second-order valence-electron chi connectivity index (χ2n) is 11.7. The molecule has 0 radical (unpaired) electrons. The van der Waals surface area contributed by atoms with Crippen LogP contribution in [0.4, 0.5) is 0 Å². The fourth-order valence-corrected chi connectivity index (χ4v) is 9.14. The molecule has 7 heterocycles. The zero-order valence-corrected chi connectivity index (χ0v) is 20.2. The predicted molar refractivity (Wildman–Crippen MR) is 151 cm³/mol. The highest BCUT2D eigenvalue weighted by Crippen LogP contribution is 2.58. The maximum atomic E-state index is 6.77. The normalized spacial score (nSPS) is 17.3. The largest absolute Gasteiger partial charge is 0.458 e. The van der Waals surface area contributed by atoms with Crippen LogP contribution in [0.15, 0.2) is 78.9 Å². The molecule has 0 amide bonds. The monoisotopic (exact) mass is 484 g/mol. The van der Waals surface area contributed by atoms with E-state index >= 15 is 0 Å². The van der Waals surface area contributed by atoms with Gasteiger partial charge in [-0.3, -0.25) is 0 Å². The van der Waals surface area contributed by atoms with E-state index in [2.05, 4.69) is 88.0 Å². The summed E-state index contributed by atoms with van der Waals surface area (Å²) in [6.07, 6.45) is 0. The van der Waals surface area contributed by atoms with Gasteiger partial charge in [-0.2, -0.15) is 0 Å². The molecule has 0 atom stereocenters. The van der Waals surface area contributed by atoms with E-state index in [1.54, 1.807) is 0 Å². The van der Waals surface area contributed by atoms with E-state index in [0.29, 0.717) is 0 Å². The first kappa shape index (κ1) is 17.8. The summed E-state index contributed by atoms with van der Waals surface area (Å²) in [4.78, 5) is 0. The molecule has 5 aliphatic rings. The van der Waals surface area contributed by atoms with E-state index in [-0.39, 0.29) is 12.1 Å².